The number of benzene rings is 1. The fraction of sp³-hybridized carbons (Fsp3) is 0.0500. The van der Waals surface area contributed by atoms with Crippen LogP contribution in [0.4, 0.5) is 4.39 Å². The van der Waals surface area contributed by atoms with Crippen molar-refractivity contribution in [3.8, 4) is 0 Å². The summed E-state index contributed by atoms with van der Waals surface area (Å²) in [4.78, 5) is 41.9. The van der Waals surface area contributed by atoms with Gasteiger partial charge in [-0.3, -0.25) is 19.1 Å². The highest BCUT2D eigenvalue weighted by molar-refractivity contribution is 7.20. The third-order valence-corrected chi connectivity index (χ3v) is 4.99. The molecule has 3 N–H and O–H groups in total. The number of aromatic carboxylic acids is 1. The van der Waals surface area contributed by atoms with Gasteiger partial charge in [-0.05, 0) is 35.9 Å². The predicted octanol–water partition coefficient (Wildman–Crippen LogP) is 2.52. The highest BCUT2D eigenvalue weighted by Crippen LogP contribution is 2.20. The molecule has 0 atom stereocenters. The molecule has 1 aromatic carbocycles. The van der Waals surface area contributed by atoms with Crippen molar-refractivity contribution in [1.82, 2.24) is 14.5 Å². The summed E-state index contributed by atoms with van der Waals surface area (Å²) < 4.78 is 14.2. The summed E-state index contributed by atoms with van der Waals surface area (Å²) in [5.41, 5.74) is 5.88. The summed E-state index contributed by atoms with van der Waals surface area (Å²) in [5.74, 6) is -1.84. The Balaban J connectivity index is 0.000000239. The van der Waals surface area contributed by atoms with E-state index in [9.17, 15) is 18.8 Å². The maximum Gasteiger partial charge on any atom is 0.345 e. The first-order valence-electron chi connectivity index (χ1n) is 8.51. The van der Waals surface area contributed by atoms with Crippen LogP contribution >= 0.6 is 11.3 Å². The smallest absolute Gasteiger partial charge is 0.345 e. The summed E-state index contributed by atoms with van der Waals surface area (Å²) >= 11 is 0.963. The molecule has 3 heterocycles. The number of halogens is 1. The van der Waals surface area contributed by atoms with Gasteiger partial charge in [-0.15, -0.1) is 11.3 Å². The number of carboxylic acids is 1. The zero-order valence-corrected chi connectivity index (χ0v) is 16.2. The van der Waals surface area contributed by atoms with E-state index in [-0.39, 0.29) is 28.2 Å². The number of carbonyl (C=O) groups is 2. The number of amides is 1. The molecule has 0 saturated carbocycles. The Hall–Kier alpha value is -3.92. The molecule has 0 saturated heterocycles. The molecule has 4 rings (SSSR count). The highest BCUT2D eigenvalue weighted by Gasteiger charge is 2.13. The zero-order chi connectivity index (χ0) is 21.7. The van der Waals surface area contributed by atoms with E-state index in [0.29, 0.717) is 10.4 Å². The van der Waals surface area contributed by atoms with Gasteiger partial charge in [-0.2, -0.15) is 0 Å². The minimum atomic E-state index is -1.08. The molecule has 30 heavy (non-hydrogen) atoms. The largest absolute Gasteiger partial charge is 0.477 e. The van der Waals surface area contributed by atoms with E-state index in [4.69, 9.17) is 10.8 Å². The van der Waals surface area contributed by atoms with E-state index in [1.807, 2.05) is 0 Å². The number of fused-ring (bicyclic) bond motifs is 1. The second-order valence-electron chi connectivity index (χ2n) is 6.04. The summed E-state index contributed by atoms with van der Waals surface area (Å²) in [6, 6.07) is 10.3. The third-order valence-electron chi connectivity index (χ3n) is 3.96. The van der Waals surface area contributed by atoms with E-state index in [1.165, 1.54) is 41.5 Å². The molecule has 10 heteroatoms. The number of nitrogens with zero attached hydrogens (tertiary/aromatic N) is 3. The molecular formula is C20H15FN4O4S. The molecule has 0 radical (unpaired) electrons. The minimum absolute atomic E-state index is 0.0779. The van der Waals surface area contributed by atoms with Gasteiger partial charge in [0.05, 0.1) is 18.3 Å². The monoisotopic (exact) mass is 426 g/mol. The molecule has 4 aromatic rings. The lowest BCUT2D eigenvalue weighted by molar-refractivity contribution is 0.0702. The van der Waals surface area contributed by atoms with Crippen LogP contribution in [0.5, 0.6) is 0 Å². The first-order chi connectivity index (χ1) is 14.3. The number of primary amides is 1. The van der Waals surface area contributed by atoms with Gasteiger partial charge in [0.1, 0.15) is 15.5 Å². The number of pyridine rings is 1. The lowest BCUT2D eigenvalue weighted by Crippen LogP contribution is -2.20. The summed E-state index contributed by atoms with van der Waals surface area (Å²) in [6.07, 6.45) is 4.43. The predicted molar refractivity (Wildman–Crippen MR) is 109 cm³/mol. The number of carboxylic acid groups (broad SMARTS) is 1. The number of hydrogen-bond acceptors (Lipinski definition) is 6. The molecule has 0 spiro atoms. The van der Waals surface area contributed by atoms with Crippen molar-refractivity contribution in [3.63, 3.8) is 0 Å². The summed E-state index contributed by atoms with van der Waals surface area (Å²) in [7, 11) is 0. The lowest BCUT2D eigenvalue weighted by Gasteiger charge is -2.05. The topological polar surface area (TPSA) is 128 Å². The SMILES string of the molecule is NC(=O)c1ccncc1.O=C(O)c1cc2c(=O)n(Cc3ccc(F)cc3)cnc2s1. The minimum Gasteiger partial charge on any atom is -0.477 e. The fourth-order valence-electron chi connectivity index (χ4n) is 2.48. The van der Waals surface area contributed by atoms with Crippen LogP contribution in [0, 0.1) is 5.82 Å². The van der Waals surface area contributed by atoms with Crippen LogP contribution in [0.25, 0.3) is 10.2 Å². The molecule has 0 aliphatic rings. The molecule has 3 aromatic heterocycles. The van der Waals surface area contributed by atoms with Crippen LogP contribution in [0.3, 0.4) is 0 Å². The maximum atomic E-state index is 12.9. The Morgan fingerprint density at radius 3 is 2.37 bits per heavy atom. The van der Waals surface area contributed by atoms with Crippen molar-refractivity contribution in [2.24, 2.45) is 5.73 Å². The molecule has 1 amide bonds. The summed E-state index contributed by atoms with van der Waals surface area (Å²) in [5, 5.41) is 9.23. The first-order valence-corrected chi connectivity index (χ1v) is 9.33. The lowest BCUT2D eigenvalue weighted by atomic mass is 10.2. The van der Waals surface area contributed by atoms with E-state index < -0.39 is 11.9 Å². The van der Waals surface area contributed by atoms with Crippen LogP contribution in [-0.2, 0) is 6.54 Å². The molecule has 0 aliphatic carbocycles. The maximum absolute atomic E-state index is 12.9. The van der Waals surface area contributed by atoms with Crippen molar-refractivity contribution in [3.05, 3.63) is 93.4 Å². The molecule has 0 fully saturated rings. The van der Waals surface area contributed by atoms with Gasteiger partial charge in [0.25, 0.3) is 5.56 Å². The van der Waals surface area contributed by atoms with Gasteiger partial charge < -0.3 is 10.8 Å². The average molecular weight is 426 g/mol. The van der Waals surface area contributed by atoms with Crippen molar-refractivity contribution in [1.29, 1.82) is 0 Å². The molecule has 0 bridgehead atoms. The van der Waals surface area contributed by atoms with Gasteiger partial charge in [-0.25, -0.2) is 14.2 Å². The Morgan fingerprint density at radius 1 is 1.13 bits per heavy atom. The standard InChI is InChI=1S/C14H9FN2O3S.C6H6N2O/c15-9-3-1-8(2-4-9)6-17-7-16-12-10(13(17)18)5-11(21-12)14(19)20;7-6(9)5-1-3-8-4-2-5/h1-5,7H,6H2,(H,19,20);1-4H,(H2,7,9). The third kappa shape index (κ3) is 4.92. The van der Waals surface area contributed by atoms with Gasteiger partial charge in [0, 0.05) is 18.0 Å². The van der Waals surface area contributed by atoms with Crippen LogP contribution in [-0.4, -0.2) is 31.5 Å². The van der Waals surface area contributed by atoms with E-state index in [1.54, 1.807) is 24.3 Å². The molecule has 0 aliphatic heterocycles. The molecule has 0 unspecified atom stereocenters. The van der Waals surface area contributed by atoms with Crippen molar-refractivity contribution < 1.29 is 19.1 Å². The van der Waals surface area contributed by atoms with Crippen LogP contribution in [0.2, 0.25) is 0 Å². The number of thiophene rings is 1. The quantitative estimate of drug-likeness (QED) is 0.516. The number of aromatic nitrogens is 3. The second kappa shape index (κ2) is 9.05. The number of nitrogens with two attached hydrogens (primary N) is 1. The van der Waals surface area contributed by atoms with Crippen molar-refractivity contribution >= 4 is 33.4 Å². The number of rotatable bonds is 4. The normalized spacial score (nSPS) is 10.3. The van der Waals surface area contributed by atoms with Crippen molar-refractivity contribution in [2.45, 2.75) is 6.54 Å². The Labute approximate surface area is 173 Å². The van der Waals surface area contributed by atoms with Gasteiger partial charge in [-0.1, -0.05) is 12.1 Å². The van der Waals surface area contributed by atoms with E-state index in [0.717, 1.165) is 16.9 Å². The average Bonchev–Trinajstić information content (AvgIpc) is 3.18. The second-order valence-corrected chi connectivity index (χ2v) is 7.07. The molecular weight excluding hydrogens is 411 g/mol. The first kappa shape index (κ1) is 20.8. The zero-order valence-electron chi connectivity index (χ0n) is 15.4. The Bertz CT molecular complexity index is 1250. The van der Waals surface area contributed by atoms with Gasteiger partial charge >= 0.3 is 5.97 Å². The fourth-order valence-corrected chi connectivity index (χ4v) is 3.31. The highest BCUT2D eigenvalue weighted by atomic mass is 32.1. The molecule has 8 nitrogen and oxygen atoms in total. The Kier molecular flexibility index (Phi) is 6.28. The van der Waals surface area contributed by atoms with Gasteiger partial charge in [0.2, 0.25) is 5.91 Å². The van der Waals surface area contributed by atoms with Crippen LogP contribution in [0.15, 0.2) is 66.0 Å². The van der Waals surface area contributed by atoms with Gasteiger partial charge in [0.15, 0.2) is 0 Å². The van der Waals surface area contributed by atoms with E-state index in [2.05, 4.69) is 9.97 Å². The van der Waals surface area contributed by atoms with E-state index >= 15 is 0 Å². The Morgan fingerprint density at radius 2 is 1.80 bits per heavy atom. The summed E-state index contributed by atoms with van der Waals surface area (Å²) in [6.45, 7) is 0.250. The molecule has 152 valence electrons. The van der Waals surface area contributed by atoms with Crippen molar-refractivity contribution in [2.75, 3.05) is 0 Å². The number of hydrogen-bond donors (Lipinski definition) is 2. The van der Waals surface area contributed by atoms with Crippen LogP contribution < -0.4 is 11.3 Å². The van der Waals surface area contributed by atoms with Crippen LogP contribution in [0.1, 0.15) is 25.6 Å². The number of carbonyl (C=O) groups excluding carboxylic acids is 1.